The second kappa shape index (κ2) is 11.1. The average molecular weight is 391 g/mol. The molecule has 0 N–H and O–H groups in total. The van der Waals surface area contributed by atoms with Crippen molar-refractivity contribution in [1.29, 1.82) is 0 Å². The minimum absolute atomic E-state index is 0.171. The lowest BCUT2D eigenvalue weighted by Gasteiger charge is -2.24. The molecule has 0 aliphatic heterocycles. The first-order chi connectivity index (χ1) is 14.2. The van der Waals surface area contributed by atoms with Crippen molar-refractivity contribution < 1.29 is 13.9 Å². The summed E-state index contributed by atoms with van der Waals surface area (Å²) in [5.74, 6) is -0.513. The van der Waals surface area contributed by atoms with Gasteiger partial charge in [0.1, 0.15) is 12.8 Å². The molecule has 0 heterocycles. The molecule has 3 aromatic rings. The van der Waals surface area contributed by atoms with Crippen molar-refractivity contribution in [2.24, 2.45) is 0 Å². The number of ether oxygens (including phenoxy) is 1. The number of alkyl halides is 1. The van der Waals surface area contributed by atoms with Crippen molar-refractivity contribution in [3.05, 3.63) is 108 Å². The highest BCUT2D eigenvalue weighted by molar-refractivity contribution is 5.70. The molecule has 3 aromatic carbocycles. The maximum absolute atomic E-state index is 14.7. The van der Waals surface area contributed by atoms with E-state index < -0.39 is 12.1 Å². The van der Waals surface area contributed by atoms with Gasteiger partial charge >= 0.3 is 5.97 Å². The molecule has 0 unspecified atom stereocenters. The molecule has 150 valence electrons. The summed E-state index contributed by atoms with van der Waals surface area (Å²) in [7, 11) is 0. The van der Waals surface area contributed by atoms with E-state index in [0.29, 0.717) is 13.1 Å². The van der Waals surface area contributed by atoms with E-state index in [1.165, 1.54) is 0 Å². The zero-order valence-electron chi connectivity index (χ0n) is 16.4. The Morgan fingerprint density at radius 3 is 1.69 bits per heavy atom. The van der Waals surface area contributed by atoms with Gasteiger partial charge in [-0.1, -0.05) is 91.0 Å². The van der Waals surface area contributed by atoms with Crippen LogP contribution in [0.5, 0.6) is 0 Å². The van der Waals surface area contributed by atoms with Crippen molar-refractivity contribution in [1.82, 2.24) is 4.90 Å². The highest BCUT2D eigenvalue weighted by atomic mass is 19.1. The number of carbonyl (C=O) groups excluding carboxylic acids is 1. The first-order valence-electron chi connectivity index (χ1n) is 9.83. The van der Waals surface area contributed by atoms with Crippen LogP contribution < -0.4 is 0 Å². The summed E-state index contributed by atoms with van der Waals surface area (Å²) in [5.41, 5.74) is 3.12. The van der Waals surface area contributed by atoms with Gasteiger partial charge in [0, 0.05) is 19.6 Å². The van der Waals surface area contributed by atoms with Gasteiger partial charge < -0.3 is 4.74 Å². The van der Waals surface area contributed by atoms with Crippen LogP contribution in [-0.4, -0.2) is 23.6 Å². The zero-order chi connectivity index (χ0) is 20.3. The van der Waals surface area contributed by atoms with Gasteiger partial charge in [-0.2, -0.15) is 0 Å². The lowest BCUT2D eigenvalue weighted by molar-refractivity contribution is -0.146. The van der Waals surface area contributed by atoms with Crippen LogP contribution in [0.2, 0.25) is 0 Å². The minimum Gasteiger partial charge on any atom is -0.461 e. The Balaban J connectivity index is 1.54. The molecular formula is C25H26FNO2. The molecule has 29 heavy (non-hydrogen) atoms. The van der Waals surface area contributed by atoms with Gasteiger partial charge in [0.15, 0.2) is 0 Å². The molecule has 0 radical (unpaired) electrons. The molecule has 0 amide bonds. The zero-order valence-corrected chi connectivity index (χ0v) is 16.4. The minimum atomic E-state index is -1.29. The molecule has 4 heteroatoms. The summed E-state index contributed by atoms with van der Waals surface area (Å²) in [4.78, 5) is 14.1. The highest BCUT2D eigenvalue weighted by Crippen LogP contribution is 2.13. The maximum atomic E-state index is 14.7. The fourth-order valence-corrected chi connectivity index (χ4v) is 3.19. The van der Waals surface area contributed by atoms with Crippen molar-refractivity contribution in [3.63, 3.8) is 0 Å². The van der Waals surface area contributed by atoms with Gasteiger partial charge in [0.05, 0.1) is 6.42 Å². The van der Waals surface area contributed by atoms with Gasteiger partial charge in [-0.3, -0.25) is 9.69 Å². The lowest BCUT2D eigenvalue weighted by Crippen LogP contribution is -2.31. The second-order valence-electron chi connectivity index (χ2n) is 7.09. The third kappa shape index (κ3) is 7.51. The Bertz CT molecular complexity index is 814. The molecule has 0 spiro atoms. The largest absolute Gasteiger partial charge is 0.461 e. The summed E-state index contributed by atoms with van der Waals surface area (Å²) in [5, 5.41) is 0. The molecule has 3 nitrogen and oxygen atoms in total. The number of rotatable bonds is 10. The van der Waals surface area contributed by atoms with E-state index in [9.17, 15) is 9.18 Å². The number of esters is 1. The summed E-state index contributed by atoms with van der Waals surface area (Å²) < 4.78 is 19.9. The smallest absolute Gasteiger partial charge is 0.309 e. The molecule has 0 aliphatic carbocycles. The Morgan fingerprint density at radius 2 is 1.21 bits per heavy atom. The molecule has 0 bridgehead atoms. The number of hydrogen-bond donors (Lipinski definition) is 0. The lowest BCUT2D eigenvalue weighted by atomic mass is 10.1. The first-order valence-corrected chi connectivity index (χ1v) is 9.83. The summed E-state index contributed by atoms with van der Waals surface area (Å²) in [6.45, 7) is 1.58. The van der Waals surface area contributed by atoms with Crippen LogP contribution >= 0.6 is 0 Å². The van der Waals surface area contributed by atoms with E-state index in [0.717, 1.165) is 16.7 Å². The monoisotopic (exact) mass is 391 g/mol. The van der Waals surface area contributed by atoms with Crippen LogP contribution in [0.25, 0.3) is 0 Å². The molecule has 0 saturated heterocycles. The highest BCUT2D eigenvalue weighted by Gasteiger charge is 2.18. The van der Waals surface area contributed by atoms with Crippen molar-refractivity contribution in [2.75, 3.05) is 6.54 Å². The third-order valence-electron chi connectivity index (χ3n) is 4.59. The topological polar surface area (TPSA) is 29.5 Å². The standard InChI is InChI=1S/C25H26FNO2/c26-24(16-25(28)29-20-23-14-8-3-9-15-23)19-27(17-21-10-4-1-5-11-21)18-22-12-6-2-7-13-22/h1-15,24H,16-20H2/t24-/m0/s1. The normalized spacial score (nSPS) is 11.9. The SMILES string of the molecule is O=C(C[C@H](F)CN(Cc1ccccc1)Cc1ccccc1)OCc1ccccc1. The van der Waals surface area contributed by atoms with E-state index in [-0.39, 0.29) is 19.6 Å². The molecule has 0 fully saturated rings. The Labute approximate surface area is 171 Å². The molecular weight excluding hydrogens is 365 g/mol. The van der Waals surface area contributed by atoms with E-state index in [1.807, 2.05) is 95.9 Å². The molecule has 1 atom stereocenters. The summed E-state index contributed by atoms with van der Waals surface area (Å²) in [6, 6.07) is 29.4. The van der Waals surface area contributed by atoms with Crippen molar-refractivity contribution >= 4 is 5.97 Å². The second-order valence-corrected chi connectivity index (χ2v) is 7.09. The van der Waals surface area contributed by atoms with Gasteiger partial charge in [-0.25, -0.2) is 4.39 Å². The van der Waals surface area contributed by atoms with Crippen LogP contribution in [0, 0.1) is 0 Å². The number of benzene rings is 3. The van der Waals surface area contributed by atoms with Crippen LogP contribution in [0.4, 0.5) is 4.39 Å². The fourth-order valence-electron chi connectivity index (χ4n) is 3.19. The number of carbonyl (C=O) groups is 1. The number of nitrogens with zero attached hydrogens (tertiary/aromatic N) is 1. The molecule has 0 aromatic heterocycles. The Kier molecular flexibility index (Phi) is 7.96. The Morgan fingerprint density at radius 1 is 0.759 bits per heavy atom. The van der Waals surface area contributed by atoms with Gasteiger partial charge in [0.2, 0.25) is 0 Å². The quantitative estimate of drug-likeness (QED) is 0.447. The van der Waals surface area contributed by atoms with Gasteiger partial charge in [-0.05, 0) is 16.7 Å². The van der Waals surface area contributed by atoms with E-state index >= 15 is 0 Å². The van der Waals surface area contributed by atoms with Crippen molar-refractivity contribution in [3.8, 4) is 0 Å². The average Bonchev–Trinajstić information content (AvgIpc) is 2.74. The molecule has 3 rings (SSSR count). The maximum Gasteiger partial charge on any atom is 0.309 e. The predicted octanol–water partition coefficient (Wildman–Crippen LogP) is 5.16. The van der Waals surface area contributed by atoms with Crippen LogP contribution in [0.15, 0.2) is 91.0 Å². The van der Waals surface area contributed by atoms with Crippen LogP contribution in [0.3, 0.4) is 0 Å². The third-order valence-corrected chi connectivity index (χ3v) is 4.59. The Hall–Kier alpha value is -2.98. The van der Waals surface area contributed by atoms with Gasteiger partial charge in [0.25, 0.3) is 0 Å². The van der Waals surface area contributed by atoms with Gasteiger partial charge in [-0.15, -0.1) is 0 Å². The van der Waals surface area contributed by atoms with E-state index in [1.54, 1.807) is 0 Å². The van der Waals surface area contributed by atoms with Crippen LogP contribution in [-0.2, 0) is 29.2 Å². The van der Waals surface area contributed by atoms with E-state index in [2.05, 4.69) is 0 Å². The van der Waals surface area contributed by atoms with E-state index in [4.69, 9.17) is 4.74 Å². The summed E-state index contributed by atoms with van der Waals surface area (Å²) >= 11 is 0. The molecule has 0 aliphatic rings. The predicted molar refractivity (Wildman–Crippen MR) is 113 cm³/mol. The summed E-state index contributed by atoms with van der Waals surface area (Å²) in [6.07, 6.45) is -1.53. The number of halogens is 1. The first kappa shape index (κ1) is 20.7. The van der Waals surface area contributed by atoms with Crippen LogP contribution in [0.1, 0.15) is 23.1 Å². The number of hydrogen-bond acceptors (Lipinski definition) is 3. The molecule has 0 saturated carbocycles. The fraction of sp³-hybridized carbons (Fsp3) is 0.240. The van der Waals surface area contributed by atoms with Crippen molar-refractivity contribution in [2.45, 2.75) is 32.3 Å².